The number of nitrogens with zero attached hydrogens (tertiary/aromatic N) is 1. The van der Waals surface area contributed by atoms with Crippen LogP contribution < -0.4 is 11.1 Å². The number of nitrogens with two attached hydrogens (primary N) is 1. The average Bonchev–Trinajstić information content (AvgIpc) is 2.91. The summed E-state index contributed by atoms with van der Waals surface area (Å²) < 4.78 is 12.2. The molecule has 1 saturated heterocycles. The van der Waals surface area contributed by atoms with Gasteiger partial charge in [0.05, 0.1) is 11.2 Å². The molecule has 2 fully saturated rings. The molecule has 2 aliphatic rings. The van der Waals surface area contributed by atoms with Gasteiger partial charge in [-0.15, -0.1) is 0 Å². The molecule has 1 aliphatic heterocycles. The van der Waals surface area contributed by atoms with Gasteiger partial charge in [0.1, 0.15) is 5.54 Å². The number of rotatable bonds is 7. The van der Waals surface area contributed by atoms with E-state index in [0.29, 0.717) is 13.0 Å². The molecule has 3 unspecified atom stereocenters. The highest BCUT2D eigenvalue weighted by Gasteiger charge is 2.54. The third-order valence-corrected chi connectivity index (χ3v) is 6.46. The Morgan fingerprint density at radius 1 is 1.19 bits per heavy atom. The fourth-order valence-electron chi connectivity index (χ4n) is 4.49. The molecule has 0 spiro atoms. The molecule has 7 nitrogen and oxygen atoms in total. The lowest BCUT2D eigenvalue weighted by atomic mass is 9.79. The van der Waals surface area contributed by atoms with Crippen molar-refractivity contribution >= 4 is 18.9 Å². The van der Waals surface area contributed by atoms with Crippen LogP contribution in [-0.4, -0.2) is 61.2 Å². The molecular formula is C19H36BN3O4. The third-order valence-electron chi connectivity index (χ3n) is 6.46. The van der Waals surface area contributed by atoms with Gasteiger partial charge >= 0.3 is 7.12 Å². The lowest BCUT2D eigenvalue weighted by molar-refractivity contribution is -0.132. The molecule has 0 aromatic carbocycles. The highest BCUT2D eigenvalue weighted by atomic mass is 16.7. The summed E-state index contributed by atoms with van der Waals surface area (Å²) in [7, 11) is 3.70. The summed E-state index contributed by atoms with van der Waals surface area (Å²) in [6.07, 6.45) is 3.05. The third kappa shape index (κ3) is 4.66. The van der Waals surface area contributed by atoms with Gasteiger partial charge in [0, 0.05) is 19.4 Å². The first kappa shape index (κ1) is 22.2. The van der Waals surface area contributed by atoms with Crippen molar-refractivity contribution in [1.82, 2.24) is 10.2 Å². The number of primary amides is 1. The summed E-state index contributed by atoms with van der Waals surface area (Å²) in [6, 6.07) is 0. The fourth-order valence-corrected chi connectivity index (χ4v) is 4.49. The molecule has 0 bridgehead atoms. The van der Waals surface area contributed by atoms with Gasteiger partial charge in [-0.1, -0.05) is 6.42 Å². The van der Waals surface area contributed by atoms with Crippen LogP contribution in [0.15, 0.2) is 0 Å². The fraction of sp³-hybridized carbons (Fsp3) is 0.895. The van der Waals surface area contributed by atoms with E-state index in [2.05, 4.69) is 5.32 Å². The zero-order chi connectivity index (χ0) is 20.6. The Labute approximate surface area is 163 Å². The summed E-state index contributed by atoms with van der Waals surface area (Å²) in [5.74, 6) is -0.377. The number of amides is 2. The smallest absolute Gasteiger partial charge is 0.403 e. The number of nitrogens with one attached hydrogen (secondary N) is 1. The molecule has 1 saturated carbocycles. The van der Waals surface area contributed by atoms with Crippen LogP contribution >= 0.6 is 0 Å². The number of hydrogen-bond donors (Lipinski definition) is 2. The van der Waals surface area contributed by atoms with Crippen molar-refractivity contribution in [3.05, 3.63) is 0 Å². The van der Waals surface area contributed by atoms with Gasteiger partial charge in [-0.05, 0) is 66.9 Å². The molecule has 2 rings (SSSR count). The number of hydrogen-bond acceptors (Lipinski definition) is 5. The minimum atomic E-state index is -0.975. The van der Waals surface area contributed by atoms with Crippen LogP contribution in [0.3, 0.4) is 0 Å². The summed E-state index contributed by atoms with van der Waals surface area (Å²) in [5, 5.41) is 2.89. The maximum Gasteiger partial charge on any atom is 0.457 e. The summed E-state index contributed by atoms with van der Waals surface area (Å²) in [4.78, 5) is 26.2. The molecule has 8 heteroatoms. The topological polar surface area (TPSA) is 93.9 Å². The Balaban J connectivity index is 2.07. The van der Waals surface area contributed by atoms with Crippen LogP contribution in [0.4, 0.5) is 0 Å². The lowest BCUT2D eigenvalue weighted by Crippen LogP contribution is -2.61. The zero-order valence-corrected chi connectivity index (χ0v) is 17.9. The zero-order valence-electron chi connectivity index (χ0n) is 17.9. The minimum Gasteiger partial charge on any atom is -0.403 e. The predicted octanol–water partition coefficient (Wildman–Crippen LogP) is 1.42. The Bertz CT molecular complexity index is 565. The van der Waals surface area contributed by atoms with Gasteiger partial charge in [-0.3, -0.25) is 9.59 Å². The maximum atomic E-state index is 12.4. The Morgan fingerprint density at radius 2 is 1.74 bits per heavy atom. The van der Waals surface area contributed by atoms with E-state index in [0.717, 1.165) is 19.2 Å². The maximum absolute atomic E-state index is 12.4. The van der Waals surface area contributed by atoms with Crippen LogP contribution in [0.1, 0.15) is 53.9 Å². The van der Waals surface area contributed by atoms with Crippen LogP contribution in [-0.2, 0) is 18.9 Å². The van der Waals surface area contributed by atoms with E-state index in [-0.39, 0.29) is 36.1 Å². The van der Waals surface area contributed by atoms with E-state index in [4.69, 9.17) is 15.0 Å². The molecular weight excluding hydrogens is 345 g/mol. The number of carbonyl (C=O) groups excluding carboxylic acids is 2. The highest BCUT2D eigenvalue weighted by Crippen LogP contribution is 2.44. The average molecular weight is 381 g/mol. The van der Waals surface area contributed by atoms with E-state index in [9.17, 15) is 9.59 Å². The van der Waals surface area contributed by atoms with E-state index >= 15 is 0 Å². The van der Waals surface area contributed by atoms with Crippen molar-refractivity contribution in [3.63, 3.8) is 0 Å². The highest BCUT2D eigenvalue weighted by molar-refractivity contribution is 6.45. The van der Waals surface area contributed by atoms with Crippen molar-refractivity contribution in [2.75, 3.05) is 20.6 Å². The molecule has 27 heavy (non-hydrogen) atoms. The first-order chi connectivity index (χ1) is 12.3. The molecule has 1 aliphatic carbocycles. The Morgan fingerprint density at radius 3 is 2.19 bits per heavy atom. The van der Waals surface area contributed by atoms with Crippen LogP contribution in [0, 0.1) is 11.8 Å². The quantitative estimate of drug-likeness (QED) is 0.651. The molecule has 0 aromatic rings. The molecule has 2 amide bonds. The Kier molecular flexibility index (Phi) is 6.34. The van der Waals surface area contributed by atoms with Crippen LogP contribution in [0.5, 0.6) is 0 Å². The molecule has 0 radical (unpaired) electrons. The SMILES string of the molecule is CC(=O)NC1(C(N)=O)CC(CCB2OC(C)(C)C(C)(C)O2)CC1CN(C)C. The number of carbonyl (C=O) groups is 2. The minimum absolute atomic E-state index is 0.00260. The standard InChI is InChI=1S/C19H36BN3O4/c1-13(24)22-19(16(21)25)11-14(10-15(19)12-23(6)7)8-9-20-26-17(2,3)18(4,5)27-20/h14-15H,8-12H2,1-7H3,(H2,21,25)(H,22,24). The lowest BCUT2D eigenvalue weighted by Gasteiger charge is -2.34. The van der Waals surface area contributed by atoms with E-state index in [1.165, 1.54) is 6.92 Å². The largest absolute Gasteiger partial charge is 0.457 e. The second-order valence-electron chi connectivity index (χ2n) is 9.55. The predicted molar refractivity (Wildman–Crippen MR) is 106 cm³/mol. The van der Waals surface area contributed by atoms with Crippen LogP contribution in [0.2, 0.25) is 6.32 Å². The molecule has 3 N–H and O–H groups in total. The van der Waals surface area contributed by atoms with Gasteiger partial charge in [-0.25, -0.2) is 0 Å². The second kappa shape index (κ2) is 7.72. The van der Waals surface area contributed by atoms with Gasteiger partial charge in [0.2, 0.25) is 11.8 Å². The van der Waals surface area contributed by atoms with Gasteiger partial charge in [0.25, 0.3) is 0 Å². The summed E-state index contributed by atoms with van der Waals surface area (Å²) >= 11 is 0. The molecule has 1 heterocycles. The van der Waals surface area contributed by atoms with Crippen molar-refractivity contribution in [3.8, 4) is 0 Å². The normalized spacial score (nSPS) is 32.1. The van der Waals surface area contributed by atoms with Crippen molar-refractivity contribution < 1.29 is 18.9 Å². The van der Waals surface area contributed by atoms with Gasteiger partial charge in [-0.2, -0.15) is 0 Å². The van der Waals surface area contributed by atoms with E-state index in [1.54, 1.807) is 0 Å². The van der Waals surface area contributed by atoms with Gasteiger partial charge in [0.15, 0.2) is 0 Å². The van der Waals surface area contributed by atoms with E-state index < -0.39 is 11.4 Å². The van der Waals surface area contributed by atoms with Crippen LogP contribution in [0.25, 0.3) is 0 Å². The Hall–Kier alpha value is -1.12. The first-order valence-electron chi connectivity index (χ1n) is 9.88. The van der Waals surface area contributed by atoms with E-state index in [1.807, 2.05) is 46.7 Å². The molecule has 0 aromatic heterocycles. The summed E-state index contributed by atoms with van der Waals surface area (Å²) in [5.41, 5.74) is 4.12. The van der Waals surface area contributed by atoms with Crippen molar-refractivity contribution in [1.29, 1.82) is 0 Å². The monoisotopic (exact) mass is 381 g/mol. The molecule has 3 atom stereocenters. The van der Waals surface area contributed by atoms with Crippen molar-refractivity contribution in [2.45, 2.75) is 76.9 Å². The summed E-state index contributed by atoms with van der Waals surface area (Å²) in [6.45, 7) is 10.3. The molecule has 154 valence electrons. The first-order valence-corrected chi connectivity index (χ1v) is 9.88. The van der Waals surface area contributed by atoms with Crippen molar-refractivity contribution in [2.24, 2.45) is 17.6 Å². The second-order valence-corrected chi connectivity index (χ2v) is 9.55. The van der Waals surface area contributed by atoms with Gasteiger partial charge < -0.3 is 25.3 Å².